The molecule has 1 saturated carbocycles. The van der Waals surface area contributed by atoms with Crippen LogP contribution in [0.4, 0.5) is 5.82 Å². The number of anilines is 1. The lowest BCUT2D eigenvalue weighted by Crippen LogP contribution is -2.28. The normalized spacial score (nSPS) is 13.2. The molecule has 1 amide bonds. The first-order valence-electron chi connectivity index (χ1n) is 14.7. The number of esters is 1. The molecule has 0 aliphatic heterocycles. The van der Waals surface area contributed by atoms with Gasteiger partial charge in [0.15, 0.2) is 11.5 Å². The number of hydrogen-bond acceptors (Lipinski definition) is 7. The molecule has 0 bridgehead atoms. The van der Waals surface area contributed by atoms with Crippen molar-refractivity contribution in [1.29, 1.82) is 0 Å². The smallest absolute Gasteiger partial charge is 0.358 e. The van der Waals surface area contributed by atoms with Crippen LogP contribution in [0.1, 0.15) is 74.2 Å². The van der Waals surface area contributed by atoms with E-state index in [2.05, 4.69) is 27.5 Å². The van der Waals surface area contributed by atoms with Crippen LogP contribution in [-0.2, 0) is 22.5 Å². The Morgan fingerprint density at radius 2 is 1.76 bits per heavy atom. The highest BCUT2D eigenvalue weighted by molar-refractivity contribution is 6.05. The molecule has 0 saturated heterocycles. The minimum Gasteiger partial charge on any atom is -0.461 e. The second kappa shape index (κ2) is 13.4. The second-order valence-corrected chi connectivity index (χ2v) is 10.5. The Balaban J connectivity index is 1.48. The topological polar surface area (TPSA) is 119 Å². The Morgan fingerprint density at radius 3 is 2.43 bits per heavy atom. The van der Waals surface area contributed by atoms with E-state index in [0.29, 0.717) is 30.3 Å². The van der Waals surface area contributed by atoms with Crippen molar-refractivity contribution in [2.24, 2.45) is 0 Å². The number of H-pyrrole nitrogens is 1. The molecule has 1 aliphatic carbocycles. The van der Waals surface area contributed by atoms with Crippen LogP contribution in [0.15, 0.2) is 60.2 Å². The number of aryl methyl sites for hydroxylation is 1. The highest BCUT2D eigenvalue weighted by Gasteiger charge is 2.28. The predicted molar refractivity (Wildman–Crippen MR) is 161 cm³/mol. The fraction of sp³-hybridized carbons (Fsp3) is 0.375. The Bertz CT molecular complexity index is 1550. The molecule has 10 heteroatoms. The maximum absolute atomic E-state index is 13.3. The van der Waals surface area contributed by atoms with Gasteiger partial charge in [-0.1, -0.05) is 67.4 Å². The number of aromatic nitrogens is 6. The number of ether oxygens (including phenoxy) is 1. The van der Waals surface area contributed by atoms with Crippen LogP contribution >= 0.6 is 0 Å². The van der Waals surface area contributed by atoms with Crippen molar-refractivity contribution in [3.63, 3.8) is 0 Å². The van der Waals surface area contributed by atoms with E-state index in [4.69, 9.17) is 9.72 Å². The van der Waals surface area contributed by atoms with Gasteiger partial charge in [-0.25, -0.2) is 9.78 Å². The summed E-state index contributed by atoms with van der Waals surface area (Å²) in [6.45, 7) is 4.48. The van der Waals surface area contributed by atoms with Crippen LogP contribution in [-0.4, -0.2) is 55.7 Å². The molecule has 1 N–H and O–H groups in total. The minimum atomic E-state index is -0.488. The number of carbonyl (C=O) groups is 2. The summed E-state index contributed by atoms with van der Waals surface area (Å²) in [5.41, 5.74) is 5.31. The van der Waals surface area contributed by atoms with Crippen LogP contribution in [0.5, 0.6) is 0 Å². The van der Waals surface area contributed by atoms with E-state index in [0.717, 1.165) is 65.8 Å². The monoisotopic (exact) mass is 567 g/mol. The summed E-state index contributed by atoms with van der Waals surface area (Å²) in [4.78, 5) is 33.0. The summed E-state index contributed by atoms with van der Waals surface area (Å²) >= 11 is 0. The van der Waals surface area contributed by atoms with E-state index in [1.165, 1.54) is 11.3 Å². The Kier molecular flexibility index (Phi) is 9.21. The number of hydrogen-bond donors (Lipinski definition) is 1. The quantitative estimate of drug-likeness (QED) is 0.191. The molecule has 4 aromatic rings. The number of rotatable bonds is 10. The lowest BCUT2D eigenvalue weighted by atomic mass is 9.94. The number of nitrogens with zero attached hydrogens (tertiary/aromatic N) is 6. The summed E-state index contributed by atoms with van der Waals surface area (Å²) in [6, 6.07) is 16.1. The van der Waals surface area contributed by atoms with Gasteiger partial charge in [0, 0.05) is 31.7 Å². The predicted octanol–water partition coefficient (Wildman–Crippen LogP) is 5.76. The van der Waals surface area contributed by atoms with E-state index in [1.807, 2.05) is 53.1 Å². The highest BCUT2D eigenvalue weighted by atomic mass is 16.5. The summed E-state index contributed by atoms with van der Waals surface area (Å²) < 4.78 is 7.37. The lowest BCUT2D eigenvalue weighted by Gasteiger charge is -2.18. The average Bonchev–Trinajstić information content (AvgIpc) is 3.67. The SMILES string of the molecule is CCCc1nc(N(C)C(=O)C=C2CCCCC2)c(C(=O)OCC)n1Cc1ccc(-c2ccccc2-c2nn[nH]n2)cc1. The number of benzene rings is 2. The summed E-state index contributed by atoms with van der Waals surface area (Å²) in [5.74, 6) is 0.946. The third-order valence-corrected chi connectivity index (χ3v) is 7.56. The molecule has 2 aromatic carbocycles. The fourth-order valence-corrected chi connectivity index (χ4v) is 5.41. The Hall–Kier alpha value is -4.60. The second-order valence-electron chi connectivity index (χ2n) is 10.5. The minimum absolute atomic E-state index is 0.172. The van der Waals surface area contributed by atoms with Crippen LogP contribution in [0, 0.1) is 0 Å². The van der Waals surface area contributed by atoms with Gasteiger partial charge >= 0.3 is 5.97 Å². The molecule has 218 valence electrons. The van der Waals surface area contributed by atoms with E-state index in [1.54, 1.807) is 20.0 Å². The molecule has 0 unspecified atom stereocenters. The number of amides is 1. The van der Waals surface area contributed by atoms with Crippen LogP contribution in [0.3, 0.4) is 0 Å². The maximum atomic E-state index is 13.3. The van der Waals surface area contributed by atoms with Gasteiger partial charge in [0.2, 0.25) is 5.82 Å². The van der Waals surface area contributed by atoms with Crippen molar-refractivity contribution in [3.8, 4) is 22.5 Å². The van der Waals surface area contributed by atoms with Gasteiger partial charge < -0.3 is 9.30 Å². The largest absolute Gasteiger partial charge is 0.461 e. The Morgan fingerprint density at radius 1 is 1.02 bits per heavy atom. The van der Waals surface area contributed by atoms with Gasteiger partial charge in [-0.05, 0) is 60.9 Å². The molecule has 1 fully saturated rings. The molecular formula is C32H37N7O3. The number of aromatic amines is 1. The van der Waals surface area contributed by atoms with Crippen molar-refractivity contribution in [1.82, 2.24) is 30.2 Å². The summed E-state index contributed by atoms with van der Waals surface area (Å²) in [5, 5.41) is 14.5. The first-order valence-corrected chi connectivity index (χ1v) is 14.7. The fourth-order valence-electron chi connectivity index (χ4n) is 5.41. The average molecular weight is 568 g/mol. The third-order valence-electron chi connectivity index (χ3n) is 7.56. The van der Waals surface area contributed by atoms with Gasteiger partial charge in [-0.3, -0.25) is 9.69 Å². The van der Waals surface area contributed by atoms with Crippen molar-refractivity contribution >= 4 is 17.7 Å². The van der Waals surface area contributed by atoms with Crippen molar-refractivity contribution in [2.45, 2.75) is 65.3 Å². The standard InChI is InChI=1S/C32H37N7O3/c1-4-11-27-33-31(38(3)28(40)20-22-12-7-6-8-13-22)29(32(41)42-5-2)39(27)21-23-16-18-24(19-17-23)25-14-9-10-15-26(25)30-34-36-37-35-30/h9-10,14-20H,4-8,11-13,21H2,1-3H3,(H,34,35,36,37). The molecule has 0 spiro atoms. The first-order chi connectivity index (χ1) is 20.5. The Labute approximate surface area is 245 Å². The van der Waals surface area contributed by atoms with E-state index >= 15 is 0 Å². The highest BCUT2D eigenvalue weighted by Crippen LogP contribution is 2.31. The lowest BCUT2D eigenvalue weighted by molar-refractivity contribution is -0.114. The molecule has 5 rings (SSSR count). The van der Waals surface area contributed by atoms with Crippen molar-refractivity contribution < 1.29 is 14.3 Å². The molecule has 0 radical (unpaired) electrons. The molecule has 0 atom stereocenters. The third kappa shape index (κ3) is 6.32. The van der Waals surface area contributed by atoms with E-state index in [-0.39, 0.29) is 12.5 Å². The summed E-state index contributed by atoms with van der Waals surface area (Å²) in [6.07, 6.45) is 8.51. The number of nitrogens with one attached hydrogen (secondary N) is 1. The molecule has 42 heavy (non-hydrogen) atoms. The van der Waals surface area contributed by atoms with Crippen molar-refractivity contribution in [3.05, 3.63) is 77.3 Å². The number of carbonyl (C=O) groups excluding carboxylic acids is 2. The van der Waals surface area contributed by atoms with Gasteiger partial charge in [-0.2, -0.15) is 5.21 Å². The van der Waals surface area contributed by atoms with Crippen LogP contribution in [0.25, 0.3) is 22.5 Å². The maximum Gasteiger partial charge on any atom is 0.358 e. The summed E-state index contributed by atoms with van der Waals surface area (Å²) in [7, 11) is 1.68. The van der Waals surface area contributed by atoms with Crippen LogP contribution < -0.4 is 4.90 Å². The van der Waals surface area contributed by atoms with Crippen molar-refractivity contribution in [2.75, 3.05) is 18.6 Å². The van der Waals surface area contributed by atoms with Gasteiger partial charge in [0.1, 0.15) is 5.82 Å². The van der Waals surface area contributed by atoms with Crippen LogP contribution in [0.2, 0.25) is 0 Å². The first kappa shape index (κ1) is 28.9. The number of imidazole rings is 1. The van der Waals surface area contributed by atoms with Gasteiger partial charge in [-0.15, -0.1) is 10.2 Å². The molecule has 1 aliphatic rings. The van der Waals surface area contributed by atoms with Gasteiger partial charge in [0.25, 0.3) is 5.91 Å². The molecule has 2 aromatic heterocycles. The molecule has 10 nitrogen and oxygen atoms in total. The number of tetrazole rings is 1. The van der Waals surface area contributed by atoms with Gasteiger partial charge in [0.05, 0.1) is 6.61 Å². The number of likely N-dealkylation sites (N-methyl/N-ethyl adjacent to an activating group) is 1. The molecule has 2 heterocycles. The van der Waals surface area contributed by atoms with E-state index in [9.17, 15) is 9.59 Å². The zero-order valence-electron chi connectivity index (χ0n) is 24.5. The zero-order valence-corrected chi connectivity index (χ0v) is 24.5. The number of allylic oxidation sites excluding steroid dienone is 1. The van der Waals surface area contributed by atoms with E-state index < -0.39 is 5.97 Å². The molecular weight excluding hydrogens is 530 g/mol. The zero-order chi connectivity index (χ0) is 29.5.